The molecule has 1 N–H and O–H groups in total. The van der Waals surface area contributed by atoms with Gasteiger partial charge in [0.15, 0.2) is 0 Å². The minimum Gasteiger partial charge on any atom is -0.489 e. The van der Waals surface area contributed by atoms with Gasteiger partial charge in [0.05, 0.1) is 23.9 Å². The molecule has 2 aliphatic carbocycles. The summed E-state index contributed by atoms with van der Waals surface area (Å²) in [6.45, 7) is 0.0489. The van der Waals surface area contributed by atoms with Gasteiger partial charge in [-0.1, -0.05) is 24.5 Å². The Bertz CT molecular complexity index is 986. The largest absolute Gasteiger partial charge is 0.489 e. The van der Waals surface area contributed by atoms with Crippen LogP contribution in [0.3, 0.4) is 0 Å². The van der Waals surface area contributed by atoms with E-state index in [1.165, 1.54) is 6.42 Å². The Morgan fingerprint density at radius 1 is 1.15 bits per heavy atom. The van der Waals surface area contributed by atoms with Crippen LogP contribution in [0.5, 0.6) is 5.75 Å². The Kier molecular flexibility index (Phi) is 7.64. The molecule has 184 valence electrons. The molecule has 4 rings (SSSR count). The molecule has 2 fully saturated rings. The molecule has 2 atom stereocenters. The standard InChI is InChI=1S/C24H33N5O5/c1-28(17-8-4-3-5-9-17)24(32)33-15-21-22(26-27-29(21)2)20-12-11-19(14-25-20)34-18-10-6-7-16(13-18)23(30)31/h11-12,14,16-18H,3-10,13,15H2,1-2H3,(H,30,31)/t16-,18-/m0/s1. The van der Waals surface area contributed by atoms with Gasteiger partial charge in [-0.25, -0.2) is 9.48 Å². The second kappa shape index (κ2) is 10.8. The van der Waals surface area contributed by atoms with Gasteiger partial charge in [0.1, 0.15) is 23.7 Å². The van der Waals surface area contributed by atoms with E-state index in [1.54, 1.807) is 42.0 Å². The SMILES string of the molecule is CN(C(=O)OCc1c(-c2ccc(O[C@H]3CCC[C@H](C(=O)O)C3)cn2)nnn1C)C1CCCCC1. The second-order valence-electron chi connectivity index (χ2n) is 9.29. The van der Waals surface area contributed by atoms with Gasteiger partial charge in [0.25, 0.3) is 0 Å². The van der Waals surface area contributed by atoms with Crippen LogP contribution in [0.1, 0.15) is 63.5 Å². The summed E-state index contributed by atoms with van der Waals surface area (Å²) in [5, 5.41) is 17.6. The van der Waals surface area contributed by atoms with Crippen molar-refractivity contribution in [3.63, 3.8) is 0 Å². The molecule has 0 aromatic carbocycles. The van der Waals surface area contributed by atoms with Gasteiger partial charge < -0.3 is 19.5 Å². The average Bonchev–Trinajstić information content (AvgIpc) is 3.23. The summed E-state index contributed by atoms with van der Waals surface area (Å²) < 4.78 is 13.2. The third-order valence-electron chi connectivity index (χ3n) is 6.94. The molecule has 0 unspecified atom stereocenters. The number of carbonyl (C=O) groups is 2. The number of nitrogens with zero attached hydrogens (tertiary/aromatic N) is 5. The zero-order valence-corrected chi connectivity index (χ0v) is 19.9. The van der Waals surface area contributed by atoms with Crippen LogP contribution in [0.2, 0.25) is 0 Å². The lowest BCUT2D eigenvalue weighted by Gasteiger charge is -2.30. The lowest BCUT2D eigenvalue weighted by Crippen LogP contribution is -2.38. The molecular formula is C24H33N5O5. The van der Waals surface area contributed by atoms with E-state index in [4.69, 9.17) is 9.47 Å². The minimum absolute atomic E-state index is 0.0489. The molecule has 2 aromatic rings. The predicted octanol–water partition coefficient (Wildman–Crippen LogP) is 3.80. The van der Waals surface area contributed by atoms with Crippen LogP contribution in [0.25, 0.3) is 11.4 Å². The highest BCUT2D eigenvalue weighted by Gasteiger charge is 2.28. The van der Waals surface area contributed by atoms with E-state index in [1.807, 2.05) is 0 Å². The van der Waals surface area contributed by atoms with Crippen molar-refractivity contribution >= 4 is 12.1 Å². The van der Waals surface area contributed by atoms with Crippen LogP contribution in [0.15, 0.2) is 18.3 Å². The minimum atomic E-state index is -0.761. The Morgan fingerprint density at radius 2 is 1.94 bits per heavy atom. The quantitative estimate of drug-likeness (QED) is 0.647. The van der Waals surface area contributed by atoms with Crippen LogP contribution >= 0.6 is 0 Å². The van der Waals surface area contributed by atoms with E-state index in [2.05, 4.69) is 15.3 Å². The first-order valence-corrected chi connectivity index (χ1v) is 12.1. The fourth-order valence-corrected chi connectivity index (χ4v) is 4.85. The number of aliphatic carboxylic acids is 1. The molecule has 10 heteroatoms. The topological polar surface area (TPSA) is 120 Å². The van der Waals surface area contributed by atoms with Gasteiger partial charge in [0.2, 0.25) is 0 Å². The molecule has 10 nitrogen and oxygen atoms in total. The number of rotatable bonds is 7. The maximum Gasteiger partial charge on any atom is 0.410 e. The summed E-state index contributed by atoms with van der Waals surface area (Å²) in [5.41, 5.74) is 1.80. The van der Waals surface area contributed by atoms with Crippen molar-refractivity contribution in [3.8, 4) is 17.1 Å². The number of aromatic nitrogens is 4. The van der Waals surface area contributed by atoms with Gasteiger partial charge in [-0.2, -0.15) is 0 Å². The van der Waals surface area contributed by atoms with Crippen LogP contribution in [-0.4, -0.2) is 61.2 Å². The lowest BCUT2D eigenvalue weighted by molar-refractivity contribution is -0.143. The van der Waals surface area contributed by atoms with E-state index in [9.17, 15) is 14.7 Å². The summed E-state index contributed by atoms with van der Waals surface area (Å²) >= 11 is 0. The van der Waals surface area contributed by atoms with Crippen molar-refractivity contribution in [1.29, 1.82) is 0 Å². The van der Waals surface area contributed by atoms with Crippen molar-refractivity contribution in [3.05, 3.63) is 24.0 Å². The van der Waals surface area contributed by atoms with E-state index in [0.29, 0.717) is 35.7 Å². The van der Waals surface area contributed by atoms with Crippen molar-refractivity contribution in [2.24, 2.45) is 13.0 Å². The summed E-state index contributed by atoms with van der Waals surface area (Å²) in [7, 11) is 3.55. The molecule has 0 aliphatic heterocycles. The molecule has 2 aromatic heterocycles. The van der Waals surface area contributed by atoms with E-state index in [0.717, 1.165) is 38.5 Å². The molecule has 1 amide bonds. The number of hydrogen-bond donors (Lipinski definition) is 1. The fourth-order valence-electron chi connectivity index (χ4n) is 4.85. The normalized spacial score (nSPS) is 21.1. The van der Waals surface area contributed by atoms with E-state index < -0.39 is 5.97 Å². The van der Waals surface area contributed by atoms with Crippen molar-refractivity contribution in [1.82, 2.24) is 24.9 Å². The molecule has 2 saturated carbocycles. The summed E-state index contributed by atoms with van der Waals surface area (Å²) in [6, 6.07) is 3.82. The van der Waals surface area contributed by atoms with Crippen molar-refractivity contribution < 1.29 is 24.2 Å². The highest BCUT2D eigenvalue weighted by Crippen LogP contribution is 2.29. The van der Waals surface area contributed by atoms with Gasteiger partial charge >= 0.3 is 12.1 Å². The summed E-state index contributed by atoms with van der Waals surface area (Å²) in [6.07, 6.45) is 9.55. The fraction of sp³-hybridized carbons (Fsp3) is 0.625. The number of carboxylic acid groups (broad SMARTS) is 1. The second-order valence-corrected chi connectivity index (χ2v) is 9.29. The Morgan fingerprint density at radius 3 is 2.65 bits per heavy atom. The monoisotopic (exact) mass is 471 g/mol. The highest BCUT2D eigenvalue weighted by atomic mass is 16.6. The number of pyridine rings is 1. The molecule has 2 heterocycles. The third kappa shape index (κ3) is 5.66. The van der Waals surface area contributed by atoms with Crippen molar-refractivity contribution in [2.45, 2.75) is 76.5 Å². The zero-order chi connectivity index (χ0) is 24.1. The number of aryl methyl sites for hydroxylation is 1. The Hall–Kier alpha value is -3.17. The van der Waals surface area contributed by atoms with Crippen LogP contribution in [0.4, 0.5) is 4.79 Å². The Labute approximate surface area is 199 Å². The lowest BCUT2D eigenvalue weighted by atomic mass is 9.87. The summed E-state index contributed by atoms with van der Waals surface area (Å²) in [5.74, 6) is -0.527. The molecule has 0 saturated heterocycles. The zero-order valence-electron chi connectivity index (χ0n) is 19.9. The van der Waals surface area contributed by atoms with E-state index >= 15 is 0 Å². The van der Waals surface area contributed by atoms with Crippen molar-refractivity contribution in [2.75, 3.05) is 7.05 Å². The molecule has 0 bridgehead atoms. The van der Waals surface area contributed by atoms with Crippen LogP contribution in [-0.2, 0) is 23.2 Å². The molecular weight excluding hydrogens is 438 g/mol. The molecule has 0 radical (unpaired) electrons. The molecule has 34 heavy (non-hydrogen) atoms. The first kappa shape index (κ1) is 24.0. The Balaban J connectivity index is 1.37. The maximum absolute atomic E-state index is 12.6. The smallest absolute Gasteiger partial charge is 0.410 e. The maximum atomic E-state index is 12.6. The first-order chi connectivity index (χ1) is 16.4. The molecule has 0 spiro atoms. The number of hydrogen-bond acceptors (Lipinski definition) is 7. The number of carbonyl (C=O) groups excluding carboxylic acids is 1. The number of carboxylic acids is 1. The predicted molar refractivity (Wildman–Crippen MR) is 123 cm³/mol. The average molecular weight is 472 g/mol. The first-order valence-electron chi connectivity index (χ1n) is 12.1. The molecule has 2 aliphatic rings. The van der Waals surface area contributed by atoms with Gasteiger partial charge in [0, 0.05) is 20.1 Å². The van der Waals surface area contributed by atoms with E-state index in [-0.39, 0.29) is 30.8 Å². The van der Waals surface area contributed by atoms with Crippen LogP contribution < -0.4 is 4.74 Å². The van der Waals surface area contributed by atoms with Gasteiger partial charge in [-0.3, -0.25) is 9.78 Å². The highest BCUT2D eigenvalue weighted by molar-refractivity contribution is 5.70. The number of amides is 1. The third-order valence-corrected chi connectivity index (χ3v) is 6.94. The van der Waals surface area contributed by atoms with Gasteiger partial charge in [-0.15, -0.1) is 5.10 Å². The number of ether oxygens (including phenoxy) is 2. The summed E-state index contributed by atoms with van der Waals surface area (Å²) in [4.78, 5) is 30.0. The van der Waals surface area contributed by atoms with Gasteiger partial charge in [-0.05, 0) is 50.7 Å². The van der Waals surface area contributed by atoms with Crippen LogP contribution in [0, 0.1) is 5.92 Å².